The van der Waals surface area contributed by atoms with Crippen LogP contribution in [0.4, 0.5) is 26.3 Å². The molecule has 0 spiro atoms. The summed E-state index contributed by atoms with van der Waals surface area (Å²) >= 11 is 3.04. The first-order valence-corrected chi connectivity index (χ1v) is 2.25. The van der Waals surface area contributed by atoms with Crippen LogP contribution in [0.3, 0.4) is 0 Å². The van der Waals surface area contributed by atoms with Gasteiger partial charge in [0, 0.05) is 0 Å². The lowest BCUT2D eigenvalue weighted by atomic mass is 10.4. The number of thiocarbonyl (C=S) groups is 1. The standard InChI is InChI=1S/C3F6S/c4-1(10)2(5,6)3(7,8)9. The molecule has 0 radical (unpaired) electrons. The average Bonchev–Trinajstić information content (AvgIpc) is 1.62. The van der Waals surface area contributed by atoms with Crippen molar-refractivity contribution in [1.29, 1.82) is 0 Å². The minimum Gasteiger partial charge on any atom is -0.192 e. The van der Waals surface area contributed by atoms with Gasteiger partial charge in [0.05, 0.1) is 0 Å². The van der Waals surface area contributed by atoms with E-state index in [0.717, 1.165) is 0 Å². The zero-order valence-corrected chi connectivity index (χ0v) is 4.99. The molecule has 0 saturated heterocycles. The van der Waals surface area contributed by atoms with E-state index in [-0.39, 0.29) is 0 Å². The lowest BCUT2D eigenvalue weighted by Crippen LogP contribution is -2.41. The third kappa shape index (κ3) is 1.59. The van der Waals surface area contributed by atoms with Crippen molar-refractivity contribution in [3.8, 4) is 0 Å². The van der Waals surface area contributed by atoms with Gasteiger partial charge < -0.3 is 0 Å². The highest BCUT2D eigenvalue weighted by Gasteiger charge is 2.61. The summed E-state index contributed by atoms with van der Waals surface area (Å²) in [5.41, 5.74) is 0. The van der Waals surface area contributed by atoms with Crippen LogP contribution in [0.25, 0.3) is 0 Å². The number of hydrogen-bond donors (Lipinski definition) is 0. The number of rotatable bonds is 1. The molecule has 10 heavy (non-hydrogen) atoms. The second-order valence-electron chi connectivity index (χ2n) is 1.35. The average molecular weight is 182 g/mol. The van der Waals surface area contributed by atoms with Gasteiger partial charge in [0.25, 0.3) is 0 Å². The van der Waals surface area contributed by atoms with Crippen LogP contribution in [0, 0.1) is 0 Å². The lowest BCUT2D eigenvalue weighted by molar-refractivity contribution is -0.251. The summed E-state index contributed by atoms with van der Waals surface area (Å²) in [6.45, 7) is 0. The maximum atomic E-state index is 11.4. The molecule has 60 valence electrons. The van der Waals surface area contributed by atoms with E-state index in [1.807, 2.05) is 0 Å². The van der Waals surface area contributed by atoms with E-state index in [1.165, 1.54) is 0 Å². The van der Waals surface area contributed by atoms with Crippen LogP contribution in [0.2, 0.25) is 0 Å². The predicted octanol–water partition coefficient (Wildman–Crippen LogP) is 2.48. The van der Waals surface area contributed by atoms with Gasteiger partial charge in [-0.2, -0.15) is 26.3 Å². The topological polar surface area (TPSA) is 0 Å². The molecule has 0 fully saturated rings. The molecule has 0 aromatic rings. The Hall–Kier alpha value is -0.330. The minimum atomic E-state index is -5.93. The van der Waals surface area contributed by atoms with Gasteiger partial charge in [0.1, 0.15) is 0 Å². The molecule has 0 aliphatic heterocycles. The third-order valence-electron chi connectivity index (χ3n) is 0.603. The van der Waals surface area contributed by atoms with Gasteiger partial charge in [0.15, 0.2) is 0 Å². The molecule has 0 atom stereocenters. The Bertz CT molecular complexity index is 146. The summed E-state index contributed by atoms with van der Waals surface area (Å²) in [6.07, 6.45) is -5.93. The molecule has 0 nitrogen and oxygen atoms in total. The van der Waals surface area contributed by atoms with Crippen LogP contribution in [-0.2, 0) is 0 Å². The normalized spacial score (nSPS) is 13.4. The Morgan fingerprint density at radius 2 is 1.30 bits per heavy atom. The molecule has 0 aromatic heterocycles. The van der Waals surface area contributed by atoms with Crippen LogP contribution in [0.1, 0.15) is 0 Å². The molecule has 0 rings (SSSR count). The highest BCUT2D eigenvalue weighted by atomic mass is 32.1. The maximum Gasteiger partial charge on any atom is 0.461 e. The monoisotopic (exact) mass is 182 g/mol. The summed E-state index contributed by atoms with van der Waals surface area (Å²) < 4.78 is 67.1. The van der Waals surface area contributed by atoms with Crippen LogP contribution < -0.4 is 0 Å². The van der Waals surface area contributed by atoms with Crippen molar-refractivity contribution in [3.05, 3.63) is 0 Å². The van der Waals surface area contributed by atoms with E-state index in [0.29, 0.717) is 0 Å². The Labute approximate surface area is 56.8 Å². The Morgan fingerprint density at radius 3 is 1.30 bits per heavy atom. The first-order valence-electron chi connectivity index (χ1n) is 1.84. The second-order valence-corrected chi connectivity index (χ2v) is 1.70. The molecular weight excluding hydrogens is 182 g/mol. The molecule has 0 aliphatic carbocycles. The zero-order valence-electron chi connectivity index (χ0n) is 4.18. The van der Waals surface area contributed by atoms with Crippen molar-refractivity contribution in [3.63, 3.8) is 0 Å². The van der Waals surface area contributed by atoms with Gasteiger partial charge in [0.2, 0.25) is 5.12 Å². The van der Waals surface area contributed by atoms with E-state index in [1.54, 1.807) is 0 Å². The molecule has 0 aliphatic rings. The fraction of sp³-hybridized carbons (Fsp3) is 0.667. The summed E-state index contributed by atoms with van der Waals surface area (Å²) in [7, 11) is 0. The molecular formula is C3F6S. The summed E-state index contributed by atoms with van der Waals surface area (Å²) in [5, 5.41) is -2.86. The third-order valence-corrected chi connectivity index (χ3v) is 0.859. The molecule has 0 saturated carbocycles. The molecule has 7 heteroatoms. The Morgan fingerprint density at radius 1 is 1.00 bits per heavy atom. The lowest BCUT2D eigenvalue weighted by Gasteiger charge is -2.14. The number of hydrogen-bond acceptors (Lipinski definition) is 1. The molecule has 0 unspecified atom stereocenters. The van der Waals surface area contributed by atoms with Crippen LogP contribution in [-0.4, -0.2) is 17.2 Å². The fourth-order valence-corrected chi connectivity index (χ4v) is 0.227. The summed E-state index contributed by atoms with van der Waals surface area (Å²) in [5.74, 6) is -5.50. The van der Waals surface area contributed by atoms with Crippen LogP contribution in [0.15, 0.2) is 0 Å². The highest BCUT2D eigenvalue weighted by molar-refractivity contribution is 7.80. The van der Waals surface area contributed by atoms with E-state index in [4.69, 9.17) is 0 Å². The van der Waals surface area contributed by atoms with Crippen LogP contribution in [0.5, 0.6) is 0 Å². The second kappa shape index (κ2) is 2.37. The van der Waals surface area contributed by atoms with Gasteiger partial charge in [-0.25, -0.2) is 0 Å². The number of halogens is 6. The first-order chi connectivity index (χ1) is 4.19. The van der Waals surface area contributed by atoms with E-state index in [9.17, 15) is 26.3 Å². The summed E-state index contributed by atoms with van der Waals surface area (Å²) in [4.78, 5) is 0. The first kappa shape index (κ1) is 9.67. The SMILES string of the molecule is FC(=S)C(F)(F)C(F)(F)F. The van der Waals surface area contributed by atoms with Gasteiger partial charge in [-0.05, 0) is 12.2 Å². The molecule has 0 N–H and O–H groups in total. The fourth-order valence-electron chi connectivity index (χ4n) is 0.111. The quantitative estimate of drug-likeness (QED) is 0.341. The van der Waals surface area contributed by atoms with E-state index >= 15 is 0 Å². The van der Waals surface area contributed by atoms with E-state index in [2.05, 4.69) is 12.2 Å². The van der Waals surface area contributed by atoms with Crippen molar-refractivity contribution < 1.29 is 26.3 Å². The van der Waals surface area contributed by atoms with Gasteiger partial charge in [-0.1, -0.05) is 0 Å². The van der Waals surface area contributed by atoms with Gasteiger partial charge >= 0.3 is 12.1 Å². The van der Waals surface area contributed by atoms with Crippen molar-refractivity contribution in [2.75, 3.05) is 0 Å². The van der Waals surface area contributed by atoms with E-state index < -0.39 is 17.2 Å². The smallest absolute Gasteiger partial charge is 0.192 e. The predicted molar refractivity (Wildman–Crippen MR) is 24.7 cm³/mol. The summed E-state index contributed by atoms with van der Waals surface area (Å²) in [6, 6.07) is 0. The maximum absolute atomic E-state index is 11.4. The highest BCUT2D eigenvalue weighted by Crippen LogP contribution is 2.36. The Kier molecular flexibility index (Phi) is 2.29. The zero-order chi connectivity index (χ0) is 8.58. The molecule has 0 amide bonds. The Balaban J connectivity index is 4.57. The van der Waals surface area contributed by atoms with Crippen molar-refractivity contribution in [1.82, 2.24) is 0 Å². The van der Waals surface area contributed by atoms with Crippen LogP contribution >= 0.6 is 12.2 Å². The molecule has 0 heterocycles. The molecule has 0 aromatic carbocycles. The largest absolute Gasteiger partial charge is 0.461 e. The van der Waals surface area contributed by atoms with Gasteiger partial charge in [-0.3, -0.25) is 0 Å². The minimum absolute atomic E-state index is 2.86. The number of alkyl halides is 5. The van der Waals surface area contributed by atoms with Crippen molar-refractivity contribution in [2.45, 2.75) is 12.1 Å². The van der Waals surface area contributed by atoms with Crippen molar-refractivity contribution in [2.24, 2.45) is 0 Å². The van der Waals surface area contributed by atoms with Crippen molar-refractivity contribution >= 4 is 17.3 Å². The molecule has 0 bridgehead atoms. The van der Waals surface area contributed by atoms with Gasteiger partial charge in [-0.15, -0.1) is 0 Å².